The van der Waals surface area contributed by atoms with Crippen LogP contribution in [0.25, 0.3) is 0 Å². The fourth-order valence-corrected chi connectivity index (χ4v) is 1.86. The highest BCUT2D eigenvalue weighted by Crippen LogP contribution is 2.29. The van der Waals surface area contributed by atoms with E-state index in [4.69, 9.17) is 10.5 Å². The minimum Gasteiger partial charge on any atom is -0.506 e. The zero-order valence-corrected chi connectivity index (χ0v) is 9.69. The summed E-state index contributed by atoms with van der Waals surface area (Å²) in [6.07, 6.45) is 4.75. The molecule has 1 saturated carbocycles. The van der Waals surface area contributed by atoms with Gasteiger partial charge >= 0.3 is 5.97 Å². The van der Waals surface area contributed by atoms with Gasteiger partial charge in [-0.25, -0.2) is 4.79 Å². The molecule has 2 rings (SSSR count). The summed E-state index contributed by atoms with van der Waals surface area (Å²) in [5, 5.41) is 9.24. The lowest BCUT2D eigenvalue weighted by Crippen LogP contribution is -2.15. The van der Waals surface area contributed by atoms with Gasteiger partial charge in [0.2, 0.25) is 0 Å². The number of nitrogens with two attached hydrogens (primary N) is 1. The van der Waals surface area contributed by atoms with E-state index in [0.29, 0.717) is 12.2 Å². The average molecular weight is 235 g/mol. The number of aromatic hydroxyl groups is 1. The average Bonchev–Trinajstić information content (AvgIpc) is 2.25. The van der Waals surface area contributed by atoms with E-state index in [9.17, 15) is 9.90 Å². The molecule has 0 radical (unpaired) electrons. The van der Waals surface area contributed by atoms with Crippen molar-refractivity contribution in [3.63, 3.8) is 0 Å². The van der Waals surface area contributed by atoms with E-state index < -0.39 is 0 Å². The van der Waals surface area contributed by atoms with Crippen LogP contribution in [0.5, 0.6) is 5.75 Å². The van der Waals surface area contributed by atoms with Gasteiger partial charge in [0.05, 0.1) is 17.9 Å². The molecule has 4 heteroatoms. The molecule has 1 fully saturated rings. The van der Waals surface area contributed by atoms with Crippen molar-refractivity contribution in [1.82, 2.24) is 0 Å². The van der Waals surface area contributed by atoms with Gasteiger partial charge in [-0.2, -0.15) is 0 Å². The van der Waals surface area contributed by atoms with Crippen molar-refractivity contribution in [3.8, 4) is 5.75 Å². The number of phenolic OH excluding ortho intramolecular Hbond substituents is 1. The van der Waals surface area contributed by atoms with E-state index in [1.165, 1.54) is 37.5 Å². The number of rotatable bonds is 4. The standard InChI is InChI=1S/C13H17NO3/c14-11-8-10(4-5-12(11)15)13(16)17-7-6-9-2-1-3-9/h4-5,8-9,15H,1-3,6-7,14H2. The summed E-state index contributed by atoms with van der Waals surface area (Å²) in [6.45, 7) is 0.463. The second-order valence-electron chi connectivity index (χ2n) is 4.50. The number of hydrogen-bond acceptors (Lipinski definition) is 4. The van der Waals surface area contributed by atoms with Gasteiger partial charge in [0, 0.05) is 0 Å². The molecule has 0 aromatic heterocycles. The van der Waals surface area contributed by atoms with E-state index in [1.54, 1.807) is 0 Å². The number of esters is 1. The molecule has 3 N–H and O–H groups in total. The Kier molecular flexibility index (Phi) is 3.52. The normalized spacial score (nSPS) is 15.3. The van der Waals surface area contributed by atoms with Crippen LogP contribution >= 0.6 is 0 Å². The van der Waals surface area contributed by atoms with Crippen molar-refractivity contribution in [2.45, 2.75) is 25.7 Å². The SMILES string of the molecule is Nc1cc(C(=O)OCCC2CCC2)ccc1O. The maximum absolute atomic E-state index is 11.6. The van der Waals surface area contributed by atoms with Gasteiger partial charge < -0.3 is 15.6 Å². The van der Waals surface area contributed by atoms with Crippen LogP contribution in [0.4, 0.5) is 5.69 Å². The summed E-state index contributed by atoms with van der Waals surface area (Å²) in [6, 6.07) is 4.34. The van der Waals surface area contributed by atoms with Gasteiger partial charge in [0.15, 0.2) is 0 Å². The molecular formula is C13H17NO3. The summed E-state index contributed by atoms with van der Waals surface area (Å²) in [5.74, 6) is 0.333. The number of carbonyl (C=O) groups is 1. The molecule has 0 atom stereocenters. The molecule has 0 saturated heterocycles. The molecule has 0 spiro atoms. The van der Waals surface area contributed by atoms with Crippen LogP contribution in [0.1, 0.15) is 36.0 Å². The summed E-state index contributed by atoms with van der Waals surface area (Å²) >= 11 is 0. The van der Waals surface area contributed by atoms with Gasteiger partial charge in [-0.05, 0) is 30.5 Å². The quantitative estimate of drug-likeness (QED) is 0.477. The lowest BCUT2D eigenvalue weighted by Gasteiger charge is -2.24. The van der Waals surface area contributed by atoms with Crippen molar-refractivity contribution in [2.75, 3.05) is 12.3 Å². The molecule has 1 aromatic carbocycles. The molecule has 0 heterocycles. The van der Waals surface area contributed by atoms with Gasteiger partial charge in [0.1, 0.15) is 5.75 Å². The van der Waals surface area contributed by atoms with E-state index in [0.717, 1.165) is 12.3 Å². The predicted octanol–water partition coefficient (Wildman–Crippen LogP) is 2.32. The van der Waals surface area contributed by atoms with Gasteiger partial charge in [0.25, 0.3) is 0 Å². The lowest BCUT2D eigenvalue weighted by atomic mass is 9.83. The summed E-state index contributed by atoms with van der Waals surface area (Å²) in [5.41, 5.74) is 6.08. The molecule has 4 nitrogen and oxygen atoms in total. The first-order valence-electron chi connectivity index (χ1n) is 5.92. The van der Waals surface area contributed by atoms with E-state index in [-0.39, 0.29) is 17.4 Å². The van der Waals surface area contributed by atoms with E-state index >= 15 is 0 Å². The Morgan fingerprint density at radius 2 is 2.24 bits per heavy atom. The Balaban J connectivity index is 1.83. The fraction of sp³-hybridized carbons (Fsp3) is 0.462. The van der Waals surface area contributed by atoms with Crippen molar-refractivity contribution in [3.05, 3.63) is 23.8 Å². The second kappa shape index (κ2) is 5.08. The maximum atomic E-state index is 11.6. The molecule has 0 unspecified atom stereocenters. The zero-order chi connectivity index (χ0) is 12.3. The Morgan fingerprint density at radius 1 is 1.47 bits per heavy atom. The minimum absolute atomic E-state index is 0.0176. The van der Waals surface area contributed by atoms with Crippen molar-refractivity contribution < 1.29 is 14.6 Å². The fourth-order valence-electron chi connectivity index (χ4n) is 1.86. The molecule has 0 bridgehead atoms. The van der Waals surface area contributed by atoms with Gasteiger partial charge in [-0.3, -0.25) is 0 Å². The number of carbonyl (C=O) groups excluding carboxylic acids is 1. The van der Waals surface area contributed by atoms with Crippen LogP contribution in [0.2, 0.25) is 0 Å². The number of benzene rings is 1. The number of phenols is 1. The number of anilines is 1. The molecule has 92 valence electrons. The van der Waals surface area contributed by atoms with Crippen LogP contribution < -0.4 is 5.73 Å². The van der Waals surface area contributed by atoms with Crippen molar-refractivity contribution >= 4 is 11.7 Å². The Hall–Kier alpha value is -1.71. The van der Waals surface area contributed by atoms with Gasteiger partial charge in [-0.1, -0.05) is 19.3 Å². The summed E-state index contributed by atoms with van der Waals surface area (Å²) in [4.78, 5) is 11.6. The first kappa shape index (κ1) is 11.8. The highest BCUT2D eigenvalue weighted by Gasteiger charge is 2.18. The van der Waals surface area contributed by atoms with Gasteiger partial charge in [-0.15, -0.1) is 0 Å². The van der Waals surface area contributed by atoms with Crippen molar-refractivity contribution in [1.29, 1.82) is 0 Å². The van der Waals surface area contributed by atoms with Crippen LogP contribution in [-0.2, 0) is 4.74 Å². The highest BCUT2D eigenvalue weighted by molar-refractivity contribution is 5.90. The molecule has 0 aliphatic heterocycles. The Labute approximate surface area is 100 Å². The first-order valence-corrected chi connectivity index (χ1v) is 5.92. The topological polar surface area (TPSA) is 72.6 Å². The van der Waals surface area contributed by atoms with Crippen LogP contribution in [-0.4, -0.2) is 17.7 Å². The van der Waals surface area contributed by atoms with Crippen LogP contribution in [0.15, 0.2) is 18.2 Å². The Bertz CT molecular complexity index is 413. The number of ether oxygens (including phenoxy) is 1. The molecule has 1 aliphatic carbocycles. The second-order valence-corrected chi connectivity index (χ2v) is 4.50. The number of hydrogen-bond donors (Lipinski definition) is 2. The largest absolute Gasteiger partial charge is 0.506 e. The predicted molar refractivity (Wildman–Crippen MR) is 64.8 cm³/mol. The van der Waals surface area contributed by atoms with Crippen LogP contribution in [0.3, 0.4) is 0 Å². The first-order chi connectivity index (χ1) is 8.16. The third kappa shape index (κ3) is 2.90. The minimum atomic E-state index is -0.379. The summed E-state index contributed by atoms with van der Waals surface area (Å²) in [7, 11) is 0. The highest BCUT2D eigenvalue weighted by atomic mass is 16.5. The zero-order valence-electron chi connectivity index (χ0n) is 9.69. The number of nitrogen functional groups attached to an aromatic ring is 1. The van der Waals surface area contributed by atoms with Crippen molar-refractivity contribution in [2.24, 2.45) is 5.92 Å². The van der Waals surface area contributed by atoms with E-state index in [2.05, 4.69) is 0 Å². The Morgan fingerprint density at radius 3 is 2.82 bits per heavy atom. The van der Waals surface area contributed by atoms with Crippen LogP contribution in [0, 0.1) is 5.92 Å². The molecule has 17 heavy (non-hydrogen) atoms. The third-order valence-electron chi connectivity index (χ3n) is 3.25. The smallest absolute Gasteiger partial charge is 0.338 e. The lowest BCUT2D eigenvalue weighted by molar-refractivity contribution is 0.0464. The maximum Gasteiger partial charge on any atom is 0.338 e. The molecule has 1 aromatic rings. The summed E-state index contributed by atoms with van der Waals surface area (Å²) < 4.78 is 5.15. The molecule has 1 aliphatic rings. The monoisotopic (exact) mass is 235 g/mol. The molecule has 0 amide bonds. The third-order valence-corrected chi connectivity index (χ3v) is 3.25. The molecular weight excluding hydrogens is 218 g/mol. The van der Waals surface area contributed by atoms with E-state index in [1.807, 2.05) is 0 Å².